The second-order valence-electron chi connectivity index (χ2n) is 8.62. The van der Waals surface area contributed by atoms with Crippen LogP contribution in [-0.4, -0.2) is 29.4 Å². The standard InChI is InChI=1S/C31H25ClN4O4S/c32-25-12-6-4-10-21(25)18-27(36-30(39)20-8-2-1-3-9-20)31(40)34-22-14-16-23(17-15-22)41-19-28(37)35-26-13-7-5-11-24(26)29(33)38/h1-18H,19H2,(H2,33,38)(H,34,40)(H,35,37)(H,36,39)/b27-18-. The van der Waals surface area contributed by atoms with Gasteiger partial charge in [-0.05, 0) is 66.2 Å². The highest BCUT2D eigenvalue weighted by Gasteiger charge is 2.16. The highest BCUT2D eigenvalue weighted by atomic mass is 35.5. The molecule has 8 nitrogen and oxygen atoms in total. The molecule has 10 heteroatoms. The number of nitrogens with two attached hydrogens (primary N) is 1. The second-order valence-corrected chi connectivity index (χ2v) is 10.1. The maximum Gasteiger partial charge on any atom is 0.272 e. The lowest BCUT2D eigenvalue weighted by atomic mass is 10.1. The third-order valence-electron chi connectivity index (χ3n) is 5.68. The lowest BCUT2D eigenvalue weighted by Gasteiger charge is -2.12. The van der Waals surface area contributed by atoms with E-state index in [-0.39, 0.29) is 22.9 Å². The first kappa shape index (κ1) is 29.1. The topological polar surface area (TPSA) is 130 Å². The first-order valence-corrected chi connectivity index (χ1v) is 13.7. The van der Waals surface area contributed by atoms with Gasteiger partial charge in [0.15, 0.2) is 0 Å². The largest absolute Gasteiger partial charge is 0.366 e. The van der Waals surface area contributed by atoms with Crippen molar-refractivity contribution in [1.82, 2.24) is 5.32 Å². The summed E-state index contributed by atoms with van der Waals surface area (Å²) < 4.78 is 0. The van der Waals surface area contributed by atoms with Crippen LogP contribution in [-0.2, 0) is 9.59 Å². The molecule has 0 atom stereocenters. The molecule has 0 bridgehead atoms. The molecule has 206 valence electrons. The van der Waals surface area contributed by atoms with Gasteiger partial charge < -0.3 is 21.7 Å². The third kappa shape index (κ3) is 8.31. The summed E-state index contributed by atoms with van der Waals surface area (Å²) in [5.74, 6) is -1.82. The van der Waals surface area contributed by atoms with E-state index in [1.54, 1.807) is 103 Å². The van der Waals surface area contributed by atoms with Gasteiger partial charge in [0.05, 0.1) is 17.0 Å². The Hall–Kier alpha value is -4.86. The Morgan fingerprint density at radius 1 is 0.780 bits per heavy atom. The van der Waals surface area contributed by atoms with Crippen molar-refractivity contribution in [2.75, 3.05) is 16.4 Å². The first-order valence-electron chi connectivity index (χ1n) is 12.4. The predicted octanol–water partition coefficient (Wildman–Crippen LogP) is 5.58. The van der Waals surface area contributed by atoms with Crippen molar-refractivity contribution in [1.29, 1.82) is 0 Å². The van der Waals surface area contributed by atoms with Crippen LogP contribution in [0.1, 0.15) is 26.3 Å². The molecule has 0 aliphatic heterocycles. The summed E-state index contributed by atoms with van der Waals surface area (Å²) in [5, 5.41) is 8.58. The third-order valence-corrected chi connectivity index (χ3v) is 7.04. The fraction of sp³-hybridized carbons (Fsp3) is 0.0323. The minimum absolute atomic E-state index is 0.0123. The molecular formula is C31H25ClN4O4S. The normalized spacial score (nSPS) is 10.9. The number of benzene rings is 4. The number of thioether (sulfide) groups is 1. The lowest BCUT2D eigenvalue weighted by Crippen LogP contribution is -2.30. The molecule has 0 spiro atoms. The Morgan fingerprint density at radius 3 is 2.15 bits per heavy atom. The van der Waals surface area contributed by atoms with Crippen LogP contribution in [0.15, 0.2) is 114 Å². The van der Waals surface area contributed by atoms with Crippen molar-refractivity contribution in [3.8, 4) is 0 Å². The monoisotopic (exact) mass is 584 g/mol. The smallest absolute Gasteiger partial charge is 0.272 e. The van der Waals surface area contributed by atoms with Crippen LogP contribution in [0.5, 0.6) is 0 Å². The van der Waals surface area contributed by atoms with Crippen molar-refractivity contribution in [3.05, 3.63) is 131 Å². The molecule has 4 rings (SSSR count). The molecule has 41 heavy (non-hydrogen) atoms. The molecule has 0 saturated carbocycles. The molecule has 0 fully saturated rings. The molecule has 0 aliphatic carbocycles. The number of rotatable bonds is 10. The van der Waals surface area contributed by atoms with Crippen LogP contribution in [0.3, 0.4) is 0 Å². The van der Waals surface area contributed by atoms with E-state index >= 15 is 0 Å². The number of hydrogen-bond acceptors (Lipinski definition) is 5. The van der Waals surface area contributed by atoms with Crippen molar-refractivity contribution in [2.45, 2.75) is 4.90 Å². The molecule has 0 heterocycles. The highest BCUT2D eigenvalue weighted by molar-refractivity contribution is 8.00. The molecule has 4 aromatic rings. The van der Waals surface area contributed by atoms with Crippen LogP contribution < -0.4 is 21.7 Å². The van der Waals surface area contributed by atoms with E-state index in [1.165, 1.54) is 17.8 Å². The average Bonchev–Trinajstić information content (AvgIpc) is 2.98. The van der Waals surface area contributed by atoms with Gasteiger partial charge in [-0.25, -0.2) is 0 Å². The molecule has 0 aromatic heterocycles. The van der Waals surface area contributed by atoms with Crippen LogP contribution in [0.25, 0.3) is 6.08 Å². The minimum Gasteiger partial charge on any atom is -0.366 e. The fourth-order valence-corrected chi connectivity index (χ4v) is 4.55. The van der Waals surface area contributed by atoms with Crippen molar-refractivity contribution in [2.24, 2.45) is 5.73 Å². The summed E-state index contributed by atoms with van der Waals surface area (Å²) in [5.41, 5.74) is 7.40. The molecule has 4 amide bonds. The summed E-state index contributed by atoms with van der Waals surface area (Å²) >= 11 is 7.56. The number of halogens is 1. The van der Waals surface area contributed by atoms with Gasteiger partial charge in [0.1, 0.15) is 5.70 Å². The Kier molecular flexibility index (Phi) is 9.93. The highest BCUT2D eigenvalue weighted by Crippen LogP contribution is 2.23. The zero-order chi connectivity index (χ0) is 29.2. The van der Waals surface area contributed by atoms with Crippen LogP contribution in [0, 0.1) is 0 Å². The number of primary amides is 1. The maximum absolute atomic E-state index is 13.2. The van der Waals surface area contributed by atoms with Crippen LogP contribution in [0.2, 0.25) is 5.02 Å². The molecule has 5 N–H and O–H groups in total. The predicted molar refractivity (Wildman–Crippen MR) is 163 cm³/mol. The summed E-state index contributed by atoms with van der Waals surface area (Å²) in [4.78, 5) is 50.8. The zero-order valence-electron chi connectivity index (χ0n) is 21.6. The quantitative estimate of drug-likeness (QED) is 0.143. The van der Waals surface area contributed by atoms with Gasteiger partial charge in [0, 0.05) is 21.2 Å². The van der Waals surface area contributed by atoms with Crippen LogP contribution in [0.4, 0.5) is 11.4 Å². The fourth-order valence-electron chi connectivity index (χ4n) is 3.67. The van der Waals surface area contributed by atoms with Gasteiger partial charge in [0.2, 0.25) is 5.91 Å². The van der Waals surface area contributed by atoms with Gasteiger partial charge in [-0.1, -0.05) is 60.1 Å². The van der Waals surface area contributed by atoms with Gasteiger partial charge in [0.25, 0.3) is 17.7 Å². The molecule has 0 unspecified atom stereocenters. The lowest BCUT2D eigenvalue weighted by molar-refractivity contribution is -0.114. The Morgan fingerprint density at radius 2 is 1.44 bits per heavy atom. The summed E-state index contributed by atoms with van der Waals surface area (Å²) in [6, 6.07) is 28.9. The van der Waals surface area contributed by atoms with E-state index in [0.29, 0.717) is 27.5 Å². The van der Waals surface area contributed by atoms with Gasteiger partial charge >= 0.3 is 0 Å². The van der Waals surface area contributed by atoms with E-state index in [1.807, 2.05) is 0 Å². The van der Waals surface area contributed by atoms with Crippen molar-refractivity contribution in [3.63, 3.8) is 0 Å². The molecule has 4 aromatic carbocycles. The van der Waals surface area contributed by atoms with E-state index in [2.05, 4.69) is 16.0 Å². The SMILES string of the molecule is NC(=O)c1ccccc1NC(=O)CSc1ccc(NC(=O)/C(=C/c2ccccc2Cl)NC(=O)c2ccccc2)cc1. The Bertz CT molecular complexity index is 1610. The number of para-hydroxylation sites is 1. The number of carbonyl (C=O) groups is 4. The van der Waals surface area contributed by atoms with E-state index in [9.17, 15) is 19.2 Å². The van der Waals surface area contributed by atoms with Gasteiger partial charge in [-0.15, -0.1) is 11.8 Å². The zero-order valence-corrected chi connectivity index (χ0v) is 23.2. The number of nitrogens with one attached hydrogen (secondary N) is 3. The summed E-state index contributed by atoms with van der Waals surface area (Å²) in [6.07, 6.45) is 1.51. The molecular weight excluding hydrogens is 560 g/mol. The summed E-state index contributed by atoms with van der Waals surface area (Å²) in [6.45, 7) is 0. The number of anilines is 2. The molecule has 0 aliphatic rings. The second kappa shape index (κ2) is 14.0. The average molecular weight is 585 g/mol. The van der Waals surface area contributed by atoms with Gasteiger partial charge in [-0.3, -0.25) is 19.2 Å². The number of amides is 4. The number of hydrogen-bond donors (Lipinski definition) is 4. The van der Waals surface area contributed by atoms with Crippen LogP contribution >= 0.6 is 23.4 Å². The van der Waals surface area contributed by atoms with E-state index in [4.69, 9.17) is 17.3 Å². The van der Waals surface area contributed by atoms with Crippen molar-refractivity contribution < 1.29 is 19.2 Å². The minimum atomic E-state index is -0.629. The van der Waals surface area contributed by atoms with E-state index < -0.39 is 17.7 Å². The van der Waals surface area contributed by atoms with Crippen molar-refractivity contribution >= 4 is 64.4 Å². The Balaban J connectivity index is 1.41. The first-order chi connectivity index (χ1) is 19.8. The number of carbonyl (C=O) groups excluding carboxylic acids is 4. The summed E-state index contributed by atoms with van der Waals surface area (Å²) in [7, 11) is 0. The van der Waals surface area contributed by atoms with E-state index in [0.717, 1.165) is 4.90 Å². The Labute approximate surface area is 246 Å². The molecule has 0 radical (unpaired) electrons. The molecule has 0 saturated heterocycles. The maximum atomic E-state index is 13.2. The van der Waals surface area contributed by atoms with Gasteiger partial charge in [-0.2, -0.15) is 0 Å².